The molecule has 1 aromatic carbocycles. The van der Waals surface area contributed by atoms with Gasteiger partial charge in [-0.15, -0.1) is 0 Å². The molecule has 1 N–H and O–H groups in total. The number of rotatable bonds is 7. The fourth-order valence-corrected chi connectivity index (χ4v) is 6.43. The van der Waals surface area contributed by atoms with Gasteiger partial charge in [0.2, 0.25) is 24.1 Å². The molecular formula is C26H33F2N3O4. The average Bonchev–Trinajstić information content (AvgIpc) is 2.77. The molecule has 7 nitrogen and oxygen atoms in total. The number of nitrogens with one attached hydrogen (secondary N) is 1. The molecule has 1 spiro atoms. The van der Waals surface area contributed by atoms with Crippen LogP contribution in [-0.2, 0) is 20.9 Å². The van der Waals surface area contributed by atoms with E-state index in [4.69, 9.17) is 4.74 Å². The Morgan fingerprint density at radius 3 is 2.60 bits per heavy atom. The maximum absolute atomic E-state index is 13.4. The van der Waals surface area contributed by atoms with E-state index in [2.05, 4.69) is 10.2 Å². The third kappa shape index (κ3) is 4.92. The van der Waals surface area contributed by atoms with Gasteiger partial charge in [-0.25, -0.2) is 8.78 Å². The van der Waals surface area contributed by atoms with Gasteiger partial charge >= 0.3 is 0 Å². The lowest BCUT2D eigenvalue weighted by atomic mass is 9.60. The number of aryl methyl sites for hydroxylation is 1. The maximum Gasteiger partial charge on any atom is 0.249 e. The minimum atomic E-state index is -2.49. The van der Waals surface area contributed by atoms with Crippen molar-refractivity contribution < 1.29 is 27.9 Å². The van der Waals surface area contributed by atoms with Crippen molar-refractivity contribution in [3.05, 3.63) is 29.3 Å². The van der Waals surface area contributed by atoms with Gasteiger partial charge in [0.1, 0.15) is 17.9 Å². The molecule has 2 saturated carbocycles. The summed E-state index contributed by atoms with van der Waals surface area (Å²) in [5.41, 5.74) is 1.66. The van der Waals surface area contributed by atoms with Crippen LogP contribution in [0.4, 0.5) is 8.78 Å². The van der Waals surface area contributed by atoms with Gasteiger partial charge in [0.05, 0.1) is 0 Å². The van der Waals surface area contributed by atoms with E-state index >= 15 is 0 Å². The van der Waals surface area contributed by atoms with Crippen LogP contribution >= 0.6 is 0 Å². The summed E-state index contributed by atoms with van der Waals surface area (Å²) in [6, 6.07) is 5.35. The summed E-state index contributed by atoms with van der Waals surface area (Å²) in [5.74, 6) is -2.54. The third-order valence-electron chi connectivity index (χ3n) is 8.19. The Bertz CT molecular complexity index is 1000. The van der Waals surface area contributed by atoms with E-state index in [9.17, 15) is 23.2 Å². The highest BCUT2D eigenvalue weighted by Gasteiger charge is 2.62. The van der Waals surface area contributed by atoms with E-state index in [1.54, 1.807) is 0 Å². The standard InChI is InChI=1S/C26H33F2N3O4/c1-17-6-7-19(10-18(17)11-30(16-32)21-8-9-23(33)29-24(21)34)35-22-5-3-2-4-20(22)31-14-25(15-31)12-26(27,28)13-25/h6-7,10,16,20-22H,2-5,8-9,11-15H2,1H3,(H,29,33,34). The molecule has 2 aliphatic heterocycles. The monoisotopic (exact) mass is 489 g/mol. The minimum Gasteiger partial charge on any atom is -0.489 e. The number of piperidine rings is 1. The lowest BCUT2D eigenvalue weighted by Crippen LogP contribution is -2.69. The lowest BCUT2D eigenvalue weighted by molar-refractivity contribution is -0.226. The van der Waals surface area contributed by atoms with Gasteiger partial charge in [0.25, 0.3) is 0 Å². The lowest BCUT2D eigenvalue weighted by Gasteiger charge is -2.61. The quantitative estimate of drug-likeness (QED) is 0.470. The van der Waals surface area contributed by atoms with Crippen LogP contribution in [0, 0.1) is 12.3 Å². The van der Waals surface area contributed by atoms with Crippen molar-refractivity contribution in [3.8, 4) is 5.75 Å². The van der Waals surface area contributed by atoms with Crippen molar-refractivity contribution in [1.82, 2.24) is 15.1 Å². The first-order chi connectivity index (χ1) is 16.7. The summed E-state index contributed by atoms with van der Waals surface area (Å²) in [5, 5.41) is 2.31. The molecule has 4 fully saturated rings. The molecule has 0 radical (unpaired) electrons. The molecule has 0 aromatic heterocycles. The molecule has 2 saturated heterocycles. The number of hydrogen-bond acceptors (Lipinski definition) is 5. The largest absolute Gasteiger partial charge is 0.489 e. The summed E-state index contributed by atoms with van der Waals surface area (Å²) in [6.07, 6.45) is 5.31. The van der Waals surface area contributed by atoms with Crippen molar-refractivity contribution in [1.29, 1.82) is 0 Å². The minimum absolute atomic E-state index is 0.00504. The molecule has 5 rings (SSSR count). The number of amides is 3. The fraction of sp³-hybridized carbons (Fsp3) is 0.654. The molecule has 2 aliphatic carbocycles. The molecule has 9 heteroatoms. The van der Waals surface area contributed by atoms with Crippen LogP contribution < -0.4 is 10.1 Å². The Morgan fingerprint density at radius 2 is 1.91 bits per heavy atom. The predicted octanol–water partition coefficient (Wildman–Crippen LogP) is 3.18. The molecule has 190 valence electrons. The average molecular weight is 490 g/mol. The number of alkyl halides is 2. The van der Waals surface area contributed by atoms with Gasteiger partial charge in [0.15, 0.2) is 0 Å². The van der Waals surface area contributed by atoms with Gasteiger partial charge in [-0.05, 0) is 55.9 Å². The smallest absolute Gasteiger partial charge is 0.249 e. The normalized spacial score (nSPS) is 29.6. The second-order valence-electron chi connectivity index (χ2n) is 11.0. The number of halogens is 2. The molecule has 0 bridgehead atoms. The first kappa shape index (κ1) is 24.2. The van der Waals surface area contributed by atoms with Gasteiger partial charge in [-0.3, -0.25) is 24.6 Å². The van der Waals surface area contributed by atoms with E-state index in [0.717, 1.165) is 49.9 Å². The SMILES string of the molecule is Cc1ccc(OC2CCCCC2N2CC3(C2)CC(F)(F)C3)cc1CN(C=O)C1CCC(=O)NC1=O. The van der Waals surface area contributed by atoms with E-state index in [-0.39, 0.29) is 49.3 Å². The molecule has 35 heavy (non-hydrogen) atoms. The molecule has 4 aliphatic rings. The van der Waals surface area contributed by atoms with Gasteiger partial charge < -0.3 is 9.64 Å². The first-order valence-corrected chi connectivity index (χ1v) is 12.6. The number of hydrogen-bond donors (Lipinski definition) is 1. The summed E-state index contributed by atoms with van der Waals surface area (Å²) in [7, 11) is 0. The zero-order chi connectivity index (χ0) is 24.8. The van der Waals surface area contributed by atoms with Crippen molar-refractivity contribution in [2.75, 3.05) is 13.1 Å². The Hall–Kier alpha value is -2.55. The van der Waals surface area contributed by atoms with Crippen molar-refractivity contribution in [2.45, 2.75) is 88.9 Å². The summed E-state index contributed by atoms with van der Waals surface area (Å²) in [6.45, 7) is 3.65. The van der Waals surface area contributed by atoms with Crippen LogP contribution in [0.2, 0.25) is 0 Å². The number of benzene rings is 1. The van der Waals surface area contributed by atoms with Crippen LogP contribution in [0.25, 0.3) is 0 Å². The van der Waals surface area contributed by atoms with Gasteiger partial charge in [-0.2, -0.15) is 0 Å². The Kier molecular flexibility index (Phi) is 6.32. The number of carbonyl (C=O) groups is 3. The molecule has 2 heterocycles. The number of carbonyl (C=O) groups excluding carboxylic acids is 3. The van der Waals surface area contributed by atoms with Crippen LogP contribution in [0.3, 0.4) is 0 Å². The van der Waals surface area contributed by atoms with Crippen LogP contribution in [0.1, 0.15) is 62.5 Å². The molecule has 3 unspecified atom stereocenters. The highest BCUT2D eigenvalue weighted by molar-refractivity contribution is 6.00. The fourth-order valence-electron chi connectivity index (χ4n) is 6.43. The Labute approximate surface area is 204 Å². The summed E-state index contributed by atoms with van der Waals surface area (Å²) >= 11 is 0. The molecule has 3 amide bonds. The van der Waals surface area contributed by atoms with Gasteiger partial charge in [-0.1, -0.05) is 12.5 Å². The van der Waals surface area contributed by atoms with Crippen molar-refractivity contribution >= 4 is 18.2 Å². The zero-order valence-corrected chi connectivity index (χ0v) is 20.1. The zero-order valence-electron chi connectivity index (χ0n) is 20.1. The topological polar surface area (TPSA) is 79.0 Å². The Morgan fingerprint density at radius 1 is 1.17 bits per heavy atom. The highest BCUT2D eigenvalue weighted by atomic mass is 19.3. The van der Waals surface area contributed by atoms with E-state index in [1.165, 1.54) is 4.90 Å². The first-order valence-electron chi connectivity index (χ1n) is 12.6. The third-order valence-corrected chi connectivity index (χ3v) is 8.19. The second kappa shape index (κ2) is 9.15. The highest BCUT2D eigenvalue weighted by Crippen LogP contribution is 2.57. The number of ether oxygens (including phenoxy) is 1. The van der Waals surface area contributed by atoms with E-state index < -0.39 is 17.9 Å². The van der Waals surface area contributed by atoms with Crippen molar-refractivity contribution in [2.24, 2.45) is 5.41 Å². The van der Waals surface area contributed by atoms with Crippen LogP contribution in [-0.4, -0.2) is 65.2 Å². The molecule has 3 atom stereocenters. The second-order valence-corrected chi connectivity index (χ2v) is 11.0. The van der Waals surface area contributed by atoms with Crippen molar-refractivity contribution in [3.63, 3.8) is 0 Å². The van der Waals surface area contributed by atoms with Crippen LogP contribution in [0.15, 0.2) is 18.2 Å². The molecular weight excluding hydrogens is 456 g/mol. The van der Waals surface area contributed by atoms with Gasteiger partial charge in [0, 0.05) is 50.4 Å². The maximum atomic E-state index is 13.4. The number of imide groups is 1. The van der Waals surface area contributed by atoms with E-state index in [0.29, 0.717) is 18.6 Å². The van der Waals surface area contributed by atoms with E-state index in [1.807, 2.05) is 25.1 Å². The van der Waals surface area contributed by atoms with Crippen LogP contribution in [0.5, 0.6) is 5.75 Å². The summed E-state index contributed by atoms with van der Waals surface area (Å²) < 4.78 is 33.3. The number of likely N-dealkylation sites (tertiary alicyclic amines) is 1. The molecule has 1 aromatic rings. The Balaban J connectivity index is 1.24. The number of nitrogens with zero attached hydrogens (tertiary/aromatic N) is 2. The summed E-state index contributed by atoms with van der Waals surface area (Å²) in [4.78, 5) is 39.3. The predicted molar refractivity (Wildman–Crippen MR) is 124 cm³/mol.